The summed E-state index contributed by atoms with van der Waals surface area (Å²) >= 11 is 0. The van der Waals surface area contributed by atoms with Gasteiger partial charge in [0.2, 0.25) is 0 Å². The number of sulfonamides is 2. The molecule has 0 radical (unpaired) electrons. The zero-order valence-electron chi connectivity index (χ0n) is 15.6. The number of hydrogen-bond acceptors (Lipinski definition) is 4. The van der Waals surface area contributed by atoms with Gasteiger partial charge in [0.1, 0.15) is 6.67 Å². The first-order chi connectivity index (χ1) is 13.8. The zero-order chi connectivity index (χ0) is 21.1. The summed E-state index contributed by atoms with van der Waals surface area (Å²) in [5, 5.41) is 0. The molecule has 0 spiro atoms. The molecular formula is C21H20FNO4S2. The molecule has 1 unspecified atom stereocenters. The van der Waals surface area contributed by atoms with Crippen LogP contribution in [0.3, 0.4) is 0 Å². The lowest BCUT2D eigenvalue weighted by Crippen LogP contribution is -2.40. The highest BCUT2D eigenvalue weighted by molar-refractivity contribution is 8.04. The lowest BCUT2D eigenvalue weighted by Gasteiger charge is -2.29. The predicted molar refractivity (Wildman–Crippen MR) is 109 cm³/mol. The molecule has 0 aliphatic carbocycles. The summed E-state index contributed by atoms with van der Waals surface area (Å²) in [6, 6.07) is 19.2. The van der Waals surface area contributed by atoms with Gasteiger partial charge in [0.15, 0.2) is 0 Å². The lowest BCUT2D eigenvalue weighted by molar-refractivity contribution is 0.339. The molecule has 0 bridgehead atoms. The Morgan fingerprint density at radius 2 is 1.14 bits per heavy atom. The highest BCUT2D eigenvalue weighted by atomic mass is 32.3. The molecule has 3 rings (SSSR count). The van der Waals surface area contributed by atoms with Crippen molar-refractivity contribution in [3.8, 4) is 0 Å². The third-order valence-corrected chi connectivity index (χ3v) is 8.79. The Labute approximate surface area is 170 Å². The van der Waals surface area contributed by atoms with Gasteiger partial charge in [-0.05, 0) is 36.8 Å². The SMILES string of the molecule is Cc1ccc(C(CF)N(S(=O)(=O)c2ccccc2)S(=O)(=O)c2ccccc2)cc1. The largest absolute Gasteiger partial charge is 0.257 e. The van der Waals surface area contributed by atoms with E-state index in [2.05, 4.69) is 0 Å². The molecule has 5 nitrogen and oxygen atoms in total. The minimum absolute atomic E-state index is 0.231. The fourth-order valence-electron chi connectivity index (χ4n) is 2.91. The Morgan fingerprint density at radius 3 is 1.52 bits per heavy atom. The first-order valence-corrected chi connectivity index (χ1v) is 11.7. The van der Waals surface area contributed by atoms with Crippen molar-refractivity contribution in [1.82, 2.24) is 3.71 Å². The van der Waals surface area contributed by atoms with Crippen LogP contribution in [0.2, 0.25) is 0 Å². The van der Waals surface area contributed by atoms with Crippen LogP contribution in [-0.4, -0.2) is 27.2 Å². The standard InChI is InChI=1S/C21H20FNO4S2/c1-17-12-14-18(15-13-17)21(16-22)23(28(24,25)19-8-4-2-5-9-19)29(26,27)20-10-6-3-7-11-20/h2-15,21H,16H2,1H3. The second kappa shape index (κ2) is 8.44. The third kappa shape index (κ3) is 4.24. The molecule has 152 valence electrons. The molecule has 0 amide bonds. The highest BCUT2D eigenvalue weighted by Crippen LogP contribution is 2.34. The molecule has 0 heterocycles. The van der Waals surface area contributed by atoms with Crippen LogP contribution in [0, 0.1) is 6.92 Å². The van der Waals surface area contributed by atoms with Crippen molar-refractivity contribution in [2.75, 3.05) is 6.67 Å². The average Bonchev–Trinajstić information content (AvgIpc) is 2.73. The minimum Gasteiger partial charge on any atom is -0.249 e. The number of rotatable bonds is 7. The van der Waals surface area contributed by atoms with E-state index in [4.69, 9.17) is 0 Å². The van der Waals surface area contributed by atoms with Gasteiger partial charge in [-0.1, -0.05) is 69.9 Å². The van der Waals surface area contributed by atoms with Crippen LogP contribution in [0.5, 0.6) is 0 Å². The predicted octanol–water partition coefficient (Wildman–Crippen LogP) is 4.09. The van der Waals surface area contributed by atoms with Crippen LogP contribution in [-0.2, 0) is 20.0 Å². The quantitative estimate of drug-likeness (QED) is 0.563. The Hall–Kier alpha value is -2.55. The van der Waals surface area contributed by atoms with Gasteiger partial charge >= 0.3 is 0 Å². The van der Waals surface area contributed by atoms with Crippen LogP contribution < -0.4 is 0 Å². The van der Waals surface area contributed by atoms with E-state index < -0.39 is 32.8 Å². The van der Waals surface area contributed by atoms with Gasteiger partial charge in [-0.25, -0.2) is 21.2 Å². The molecular weight excluding hydrogens is 413 g/mol. The Balaban J connectivity index is 2.25. The molecule has 1 atom stereocenters. The number of nitrogens with zero attached hydrogens (tertiary/aromatic N) is 1. The zero-order valence-corrected chi connectivity index (χ0v) is 17.3. The van der Waals surface area contributed by atoms with E-state index in [0.29, 0.717) is 0 Å². The monoisotopic (exact) mass is 433 g/mol. The van der Waals surface area contributed by atoms with E-state index >= 15 is 0 Å². The molecule has 0 saturated heterocycles. The molecule has 0 aliphatic heterocycles. The van der Waals surface area contributed by atoms with Gasteiger partial charge in [-0.2, -0.15) is 0 Å². The summed E-state index contributed by atoms with van der Waals surface area (Å²) in [6.07, 6.45) is 0. The first-order valence-electron chi connectivity index (χ1n) is 8.81. The molecule has 0 saturated carbocycles. The van der Waals surface area contributed by atoms with Crippen LogP contribution in [0.25, 0.3) is 0 Å². The second-order valence-corrected chi connectivity index (χ2v) is 10.3. The summed E-state index contributed by atoms with van der Waals surface area (Å²) in [5.74, 6) is 0. The second-order valence-electron chi connectivity index (χ2n) is 6.44. The fourth-order valence-corrected chi connectivity index (χ4v) is 6.91. The summed E-state index contributed by atoms with van der Waals surface area (Å²) in [7, 11) is -9.14. The molecule has 29 heavy (non-hydrogen) atoms. The van der Waals surface area contributed by atoms with Crippen molar-refractivity contribution in [1.29, 1.82) is 0 Å². The van der Waals surface area contributed by atoms with Gasteiger partial charge < -0.3 is 0 Å². The molecule has 0 N–H and O–H groups in total. The van der Waals surface area contributed by atoms with E-state index in [1.54, 1.807) is 24.3 Å². The molecule has 0 aliphatic rings. The summed E-state index contributed by atoms with van der Waals surface area (Å²) in [5.41, 5.74) is 1.13. The Bertz CT molecular complexity index is 1090. The van der Waals surface area contributed by atoms with Gasteiger partial charge in [0, 0.05) is 0 Å². The average molecular weight is 434 g/mol. The van der Waals surface area contributed by atoms with E-state index in [1.165, 1.54) is 60.7 Å². The number of hydrogen-bond donors (Lipinski definition) is 0. The van der Waals surface area contributed by atoms with Crippen molar-refractivity contribution in [3.63, 3.8) is 0 Å². The van der Waals surface area contributed by atoms with E-state index in [-0.39, 0.29) is 19.1 Å². The smallest absolute Gasteiger partial charge is 0.249 e. The fraction of sp³-hybridized carbons (Fsp3) is 0.143. The maximum Gasteiger partial charge on any atom is 0.257 e. The number of alkyl halides is 1. The minimum atomic E-state index is -4.57. The summed E-state index contributed by atoms with van der Waals surface area (Å²) in [4.78, 5) is -0.463. The normalized spacial score (nSPS) is 13.3. The van der Waals surface area contributed by atoms with Gasteiger partial charge in [0.25, 0.3) is 20.0 Å². The molecule has 3 aromatic carbocycles. The molecule has 8 heteroatoms. The van der Waals surface area contributed by atoms with E-state index in [0.717, 1.165) is 5.56 Å². The van der Waals surface area contributed by atoms with Crippen molar-refractivity contribution in [2.24, 2.45) is 0 Å². The van der Waals surface area contributed by atoms with Crippen LogP contribution >= 0.6 is 0 Å². The molecule has 0 fully saturated rings. The van der Waals surface area contributed by atoms with Crippen LogP contribution in [0.15, 0.2) is 94.7 Å². The van der Waals surface area contributed by atoms with Crippen molar-refractivity contribution >= 4 is 20.0 Å². The summed E-state index contributed by atoms with van der Waals surface area (Å²) < 4.78 is 68.0. The van der Waals surface area contributed by atoms with Crippen molar-refractivity contribution in [2.45, 2.75) is 22.8 Å². The lowest BCUT2D eigenvalue weighted by atomic mass is 10.1. The van der Waals surface area contributed by atoms with Crippen LogP contribution in [0.1, 0.15) is 17.2 Å². The van der Waals surface area contributed by atoms with E-state index in [9.17, 15) is 21.2 Å². The van der Waals surface area contributed by atoms with Gasteiger partial charge in [-0.3, -0.25) is 0 Å². The van der Waals surface area contributed by atoms with Gasteiger partial charge in [-0.15, -0.1) is 0 Å². The molecule has 3 aromatic rings. The molecule has 0 aromatic heterocycles. The first kappa shape index (κ1) is 21.2. The number of halogens is 1. The van der Waals surface area contributed by atoms with Crippen molar-refractivity contribution < 1.29 is 21.2 Å². The number of aryl methyl sites for hydroxylation is 1. The summed E-state index contributed by atoms with van der Waals surface area (Å²) in [6.45, 7) is 0.620. The van der Waals surface area contributed by atoms with Crippen LogP contribution in [0.4, 0.5) is 4.39 Å². The van der Waals surface area contributed by atoms with Gasteiger partial charge in [0.05, 0.1) is 15.8 Å². The maximum atomic E-state index is 14.2. The topological polar surface area (TPSA) is 71.5 Å². The van der Waals surface area contributed by atoms with E-state index in [1.807, 2.05) is 6.92 Å². The number of benzene rings is 3. The Morgan fingerprint density at radius 1 is 0.724 bits per heavy atom. The van der Waals surface area contributed by atoms with Crippen molar-refractivity contribution in [3.05, 3.63) is 96.1 Å². The Kier molecular flexibility index (Phi) is 6.16. The highest BCUT2D eigenvalue weighted by Gasteiger charge is 2.42. The third-order valence-electron chi connectivity index (χ3n) is 4.42. The maximum absolute atomic E-state index is 14.2.